The van der Waals surface area contributed by atoms with E-state index in [1.807, 2.05) is 0 Å². The Hall–Kier alpha value is -0.740. The molecule has 0 spiro atoms. The second-order valence-corrected chi connectivity index (χ2v) is 6.35. The van der Waals surface area contributed by atoms with Gasteiger partial charge in [0.05, 0.1) is 5.69 Å². The molecule has 3 nitrogen and oxygen atoms in total. The molecule has 0 aromatic carbocycles. The van der Waals surface area contributed by atoms with Crippen molar-refractivity contribution in [3.8, 4) is 0 Å². The Morgan fingerprint density at radius 1 is 1.44 bits per heavy atom. The fourth-order valence-electron chi connectivity index (χ4n) is 3.17. The lowest BCUT2D eigenvalue weighted by atomic mass is 10.1. The van der Waals surface area contributed by atoms with Gasteiger partial charge in [0.1, 0.15) is 5.82 Å². The smallest absolute Gasteiger partial charge is 0.129 e. The number of rotatable bonds is 2. The highest BCUT2D eigenvalue weighted by molar-refractivity contribution is 7.80. The summed E-state index contributed by atoms with van der Waals surface area (Å²) in [6.45, 7) is 7.65. The highest BCUT2D eigenvalue weighted by atomic mass is 32.1. The second-order valence-electron chi connectivity index (χ2n) is 5.57. The predicted molar refractivity (Wildman–Crippen MR) is 78.5 cm³/mol. The average Bonchev–Trinajstić information content (AvgIpc) is 2.89. The summed E-state index contributed by atoms with van der Waals surface area (Å²) in [6.07, 6.45) is 1.29. The largest absolute Gasteiger partial charge is 0.352 e. The Morgan fingerprint density at radius 2 is 2.28 bits per heavy atom. The fourth-order valence-corrected chi connectivity index (χ4v) is 3.30. The van der Waals surface area contributed by atoms with E-state index in [2.05, 4.69) is 48.8 Å². The van der Waals surface area contributed by atoms with Gasteiger partial charge in [0.25, 0.3) is 0 Å². The van der Waals surface area contributed by atoms with E-state index in [0.29, 0.717) is 6.04 Å². The van der Waals surface area contributed by atoms with Gasteiger partial charge in [0, 0.05) is 30.9 Å². The van der Waals surface area contributed by atoms with Gasteiger partial charge in [-0.05, 0) is 43.9 Å². The SMILES string of the molecule is Cc1cc(C(C)S)nc(N2CC[C@H]3CNC[C@@H]32)c1. The molecule has 1 N–H and O–H groups in total. The quantitative estimate of drug-likeness (QED) is 0.801. The van der Waals surface area contributed by atoms with E-state index in [1.54, 1.807) is 0 Å². The molecule has 0 aliphatic carbocycles. The minimum atomic E-state index is 0.198. The number of nitrogens with one attached hydrogen (secondary N) is 1. The van der Waals surface area contributed by atoms with E-state index in [1.165, 1.54) is 18.5 Å². The number of nitrogens with zero attached hydrogens (tertiary/aromatic N) is 2. The zero-order chi connectivity index (χ0) is 12.7. The van der Waals surface area contributed by atoms with Crippen molar-refractivity contribution in [2.45, 2.75) is 31.6 Å². The number of aryl methyl sites for hydroxylation is 1. The van der Waals surface area contributed by atoms with Crippen molar-refractivity contribution in [1.29, 1.82) is 0 Å². The summed E-state index contributed by atoms with van der Waals surface area (Å²) in [6, 6.07) is 4.99. The maximum Gasteiger partial charge on any atom is 0.129 e. The van der Waals surface area contributed by atoms with Crippen LogP contribution in [0.25, 0.3) is 0 Å². The van der Waals surface area contributed by atoms with Crippen LogP contribution < -0.4 is 10.2 Å². The zero-order valence-corrected chi connectivity index (χ0v) is 12.0. The van der Waals surface area contributed by atoms with Gasteiger partial charge in [0.15, 0.2) is 0 Å². The number of fused-ring (bicyclic) bond motifs is 1. The first-order valence-electron chi connectivity index (χ1n) is 6.79. The van der Waals surface area contributed by atoms with E-state index < -0.39 is 0 Å². The molecule has 2 saturated heterocycles. The van der Waals surface area contributed by atoms with Crippen molar-refractivity contribution in [2.75, 3.05) is 24.5 Å². The topological polar surface area (TPSA) is 28.2 Å². The van der Waals surface area contributed by atoms with Gasteiger partial charge in [0.2, 0.25) is 0 Å². The maximum atomic E-state index is 4.80. The first-order valence-corrected chi connectivity index (χ1v) is 7.31. The van der Waals surface area contributed by atoms with Crippen LogP contribution in [0.3, 0.4) is 0 Å². The normalized spacial score (nSPS) is 28.5. The van der Waals surface area contributed by atoms with Crippen LogP contribution in [0.15, 0.2) is 12.1 Å². The van der Waals surface area contributed by atoms with Gasteiger partial charge < -0.3 is 10.2 Å². The lowest BCUT2D eigenvalue weighted by molar-refractivity contribution is 0.577. The Bertz CT molecular complexity index is 447. The molecular formula is C14H21N3S. The summed E-state index contributed by atoms with van der Waals surface area (Å²) in [7, 11) is 0. The first-order chi connectivity index (χ1) is 8.65. The van der Waals surface area contributed by atoms with Crippen LogP contribution in [-0.4, -0.2) is 30.7 Å². The van der Waals surface area contributed by atoms with Crippen LogP contribution in [0.1, 0.15) is 29.9 Å². The Kier molecular flexibility index (Phi) is 3.24. The number of hydrogen-bond acceptors (Lipinski definition) is 4. The van der Waals surface area contributed by atoms with E-state index >= 15 is 0 Å². The third-order valence-electron chi connectivity index (χ3n) is 4.14. The second kappa shape index (κ2) is 4.74. The minimum Gasteiger partial charge on any atom is -0.352 e. The number of thiol groups is 1. The molecule has 2 aliphatic heterocycles. The van der Waals surface area contributed by atoms with Gasteiger partial charge in [-0.15, -0.1) is 0 Å². The van der Waals surface area contributed by atoms with Gasteiger partial charge in [-0.3, -0.25) is 0 Å². The molecule has 3 atom stereocenters. The molecule has 1 aromatic heterocycles. The number of hydrogen-bond donors (Lipinski definition) is 2. The Morgan fingerprint density at radius 3 is 3.06 bits per heavy atom. The van der Waals surface area contributed by atoms with Crippen LogP contribution in [0.5, 0.6) is 0 Å². The summed E-state index contributed by atoms with van der Waals surface area (Å²) in [5.41, 5.74) is 2.37. The molecule has 0 saturated carbocycles. The van der Waals surface area contributed by atoms with Gasteiger partial charge in [-0.25, -0.2) is 4.98 Å². The van der Waals surface area contributed by atoms with Crippen molar-refractivity contribution in [2.24, 2.45) is 5.92 Å². The summed E-state index contributed by atoms with van der Waals surface area (Å²) in [5, 5.41) is 3.69. The van der Waals surface area contributed by atoms with Gasteiger partial charge in [-0.2, -0.15) is 12.6 Å². The summed E-state index contributed by atoms with van der Waals surface area (Å²) in [5.74, 6) is 1.95. The molecule has 0 radical (unpaired) electrons. The maximum absolute atomic E-state index is 4.80. The van der Waals surface area contributed by atoms with Gasteiger partial charge in [-0.1, -0.05) is 0 Å². The third-order valence-corrected chi connectivity index (χ3v) is 4.41. The summed E-state index contributed by atoms with van der Waals surface area (Å²) >= 11 is 4.51. The monoisotopic (exact) mass is 263 g/mol. The van der Waals surface area contributed by atoms with Gasteiger partial charge >= 0.3 is 0 Å². The van der Waals surface area contributed by atoms with Crippen LogP contribution >= 0.6 is 12.6 Å². The molecule has 18 heavy (non-hydrogen) atoms. The van der Waals surface area contributed by atoms with E-state index in [9.17, 15) is 0 Å². The van der Waals surface area contributed by atoms with Crippen LogP contribution in [0.2, 0.25) is 0 Å². The minimum absolute atomic E-state index is 0.198. The molecular weight excluding hydrogens is 242 g/mol. The van der Waals surface area contributed by atoms with Crippen molar-refractivity contribution in [1.82, 2.24) is 10.3 Å². The zero-order valence-electron chi connectivity index (χ0n) is 11.1. The van der Waals surface area contributed by atoms with Crippen molar-refractivity contribution in [3.05, 3.63) is 23.4 Å². The Labute approximate surface area is 114 Å². The molecule has 0 amide bonds. The van der Waals surface area contributed by atoms with E-state index in [-0.39, 0.29) is 5.25 Å². The van der Waals surface area contributed by atoms with E-state index in [4.69, 9.17) is 4.98 Å². The third kappa shape index (κ3) is 2.12. The lowest BCUT2D eigenvalue weighted by Crippen LogP contribution is -2.34. The lowest BCUT2D eigenvalue weighted by Gasteiger charge is -2.25. The summed E-state index contributed by atoms with van der Waals surface area (Å²) in [4.78, 5) is 7.28. The number of anilines is 1. The first kappa shape index (κ1) is 12.3. The molecule has 2 fully saturated rings. The molecule has 3 heterocycles. The van der Waals surface area contributed by atoms with Crippen molar-refractivity contribution in [3.63, 3.8) is 0 Å². The number of pyridine rings is 1. The molecule has 4 heteroatoms. The average molecular weight is 263 g/mol. The molecule has 1 unspecified atom stereocenters. The van der Waals surface area contributed by atoms with Crippen LogP contribution in [-0.2, 0) is 0 Å². The molecule has 3 rings (SSSR count). The highest BCUT2D eigenvalue weighted by Gasteiger charge is 2.38. The standard InChI is InChI=1S/C14H21N3S/c1-9-5-12(10(2)18)16-14(6-9)17-4-3-11-7-15-8-13(11)17/h5-6,10-11,13,15,18H,3-4,7-8H2,1-2H3/t10?,11-,13-/m0/s1. The highest BCUT2D eigenvalue weighted by Crippen LogP contribution is 2.32. The fraction of sp³-hybridized carbons (Fsp3) is 0.643. The molecule has 98 valence electrons. The van der Waals surface area contributed by atoms with Crippen LogP contribution in [0.4, 0.5) is 5.82 Å². The summed E-state index contributed by atoms with van der Waals surface area (Å²) < 4.78 is 0. The van der Waals surface area contributed by atoms with Crippen molar-refractivity contribution >= 4 is 18.4 Å². The molecule has 0 bridgehead atoms. The van der Waals surface area contributed by atoms with E-state index in [0.717, 1.165) is 30.5 Å². The predicted octanol–water partition coefficient (Wildman–Crippen LogP) is 2.18. The molecule has 2 aliphatic rings. The Balaban J connectivity index is 1.92. The van der Waals surface area contributed by atoms with Crippen LogP contribution in [0, 0.1) is 12.8 Å². The number of aromatic nitrogens is 1. The molecule has 1 aromatic rings. The van der Waals surface area contributed by atoms with Crippen molar-refractivity contribution < 1.29 is 0 Å².